The van der Waals surface area contributed by atoms with Crippen LogP contribution in [0.2, 0.25) is 0 Å². The minimum absolute atomic E-state index is 0.0673. The van der Waals surface area contributed by atoms with E-state index >= 15 is 0 Å². The Labute approximate surface area is 176 Å². The largest absolute Gasteiger partial charge is 0.486 e. The van der Waals surface area contributed by atoms with Gasteiger partial charge in [-0.1, -0.05) is 36.4 Å². The second-order valence-corrected chi connectivity index (χ2v) is 7.13. The molecule has 2 aromatic carbocycles. The van der Waals surface area contributed by atoms with Gasteiger partial charge in [0.2, 0.25) is 0 Å². The van der Waals surface area contributed by atoms with Gasteiger partial charge in [0, 0.05) is 25.5 Å². The molecule has 30 heavy (non-hydrogen) atoms. The van der Waals surface area contributed by atoms with Gasteiger partial charge in [0.25, 0.3) is 0 Å². The predicted octanol–water partition coefficient (Wildman–Crippen LogP) is 2.83. The van der Waals surface area contributed by atoms with E-state index in [1.54, 1.807) is 6.20 Å². The normalized spacial score (nSPS) is 15.6. The lowest BCUT2D eigenvalue weighted by Crippen LogP contribution is -2.45. The van der Waals surface area contributed by atoms with E-state index in [1.807, 2.05) is 36.8 Å². The zero-order chi connectivity index (χ0) is 20.6. The summed E-state index contributed by atoms with van der Waals surface area (Å²) in [5, 5.41) is 6.66. The number of ether oxygens (including phenoxy) is 2. The molecule has 1 atom stereocenters. The van der Waals surface area contributed by atoms with E-state index in [-0.39, 0.29) is 6.10 Å². The van der Waals surface area contributed by atoms with Gasteiger partial charge in [-0.2, -0.15) is 0 Å². The molecule has 156 valence electrons. The Morgan fingerprint density at radius 1 is 1.13 bits per heavy atom. The van der Waals surface area contributed by atoms with Crippen molar-refractivity contribution in [2.24, 2.45) is 4.99 Å². The van der Waals surface area contributed by atoms with Crippen molar-refractivity contribution in [3.05, 3.63) is 78.4 Å². The number of hydrogen-bond donors (Lipinski definition) is 2. The smallest absolute Gasteiger partial charge is 0.191 e. The summed E-state index contributed by atoms with van der Waals surface area (Å²) in [7, 11) is 0. The molecule has 0 saturated heterocycles. The molecule has 7 heteroatoms. The third kappa shape index (κ3) is 5.31. The molecular weight excluding hydrogens is 378 g/mol. The summed E-state index contributed by atoms with van der Waals surface area (Å²) >= 11 is 0. The van der Waals surface area contributed by atoms with E-state index < -0.39 is 0 Å². The van der Waals surface area contributed by atoms with Gasteiger partial charge in [-0.05, 0) is 30.2 Å². The number of imidazole rings is 1. The van der Waals surface area contributed by atoms with Gasteiger partial charge in [0.15, 0.2) is 17.5 Å². The fourth-order valence-corrected chi connectivity index (χ4v) is 3.30. The molecular formula is C23H27N5O2. The lowest BCUT2D eigenvalue weighted by Gasteiger charge is -2.27. The third-order valence-corrected chi connectivity index (χ3v) is 4.74. The van der Waals surface area contributed by atoms with Crippen LogP contribution in [0.25, 0.3) is 0 Å². The Balaban J connectivity index is 1.34. The number of aromatic nitrogens is 2. The second kappa shape index (κ2) is 9.82. The summed E-state index contributed by atoms with van der Waals surface area (Å²) in [6.45, 7) is 5.37. The molecule has 7 nitrogen and oxygen atoms in total. The summed E-state index contributed by atoms with van der Waals surface area (Å²) in [6.07, 6.45) is 5.52. The molecule has 1 aliphatic rings. The van der Waals surface area contributed by atoms with Crippen molar-refractivity contribution in [2.45, 2.75) is 26.1 Å². The number of nitrogens with zero attached hydrogens (tertiary/aromatic N) is 3. The van der Waals surface area contributed by atoms with Gasteiger partial charge in [-0.15, -0.1) is 0 Å². The number of hydrogen-bond acceptors (Lipinski definition) is 4. The van der Waals surface area contributed by atoms with Crippen LogP contribution in [0.1, 0.15) is 18.1 Å². The first-order valence-corrected chi connectivity index (χ1v) is 10.2. The molecule has 4 rings (SSSR count). The van der Waals surface area contributed by atoms with Gasteiger partial charge >= 0.3 is 0 Å². The van der Waals surface area contributed by atoms with E-state index in [0.717, 1.165) is 36.1 Å². The van der Waals surface area contributed by atoms with Crippen molar-refractivity contribution < 1.29 is 9.47 Å². The number of rotatable bonds is 7. The van der Waals surface area contributed by atoms with Crippen molar-refractivity contribution in [3.8, 4) is 11.5 Å². The maximum absolute atomic E-state index is 6.01. The van der Waals surface area contributed by atoms with Crippen molar-refractivity contribution in [3.63, 3.8) is 0 Å². The van der Waals surface area contributed by atoms with Crippen LogP contribution in [-0.2, 0) is 13.1 Å². The average molecular weight is 406 g/mol. The maximum Gasteiger partial charge on any atom is 0.191 e. The number of nitrogens with one attached hydrogen (secondary N) is 2. The van der Waals surface area contributed by atoms with Crippen LogP contribution in [0.5, 0.6) is 11.5 Å². The fourth-order valence-electron chi connectivity index (χ4n) is 3.30. The molecule has 3 aromatic rings. The fraction of sp³-hybridized carbons (Fsp3) is 0.304. The zero-order valence-corrected chi connectivity index (χ0v) is 17.1. The average Bonchev–Trinajstić information content (AvgIpc) is 3.29. The minimum atomic E-state index is -0.0673. The number of para-hydroxylation sites is 2. The number of benzene rings is 2. The van der Waals surface area contributed by atoms with Crippen molar-refractivity contribution >= 4 is 5.96 Å². The van der Waals surface area contributed by atoms with Crippen LogP contribution in [0.15, 0.2) is 72.2 Å². The molecule has 0 saturated carbocycles. The number of guanidine groups is 1. The van der Waals surface area contributed by atoms with Crippen LogP contribution in [-0.4, -0.2) is 41.3 Å². The van der Waals surface area contributed by atoms with Crippen molar-refractivity contribution in [1.82, 2.24) is 20.2 Å². The van der Waals surface area contributed by atoms with Gasteiger partial charge in [-0.25, -0.2) is 9.98 Å². The van der Waals surface area contributed by atoms with Crippen LogP contribution < -0.4 is 20.1 Å². The first kappa shape index (κ1) is 19.8. The monoisotopic (exact) mass is 405 g/mol. The van der Waals surface area contributed by atoms with Crippen molar-refractivity contribution in [2.75, 3.05) is 19.7 Å². The van der Waals surface area contributed by atoms with Gasteiger partial charge in [0.05, 0.1) is 19.4 Å². The van der Waals surface area contributed by atoms with E-state index in [0.29, 0.717) is 19.7 Å². The van der Waals surface area contributed by atoms with Crippen molar-refractivity contribution in [1.29, 1.82) is 0 Å². The van der Waals surface area contributed by atoms with E-state index in [9.17, 15) is 0 Å². The third-order valence-electron chi connectivity index (χ3n) is 4.74. The molecule has 0 aliphatic carbocycles. The molecule has 1 aliphatic heterocycles. The van der Waals surface area contributed by atoms with Crippen LogP contribution in [0, 0.1) is 0 Å². The number of fused-ring (bicyclic) bond motifs is 1. The highest BCUT2D eigenvalue weighted by molar-refractivity contribution is 5.79. The quantitative estimate of drug-likeness (QED) is 0.467. The summed E-state index contributed by atoms with van der Waals surface area (Å²) < 4.78 is 13.8. The summed E-state index contributed by atoms with van der Waals surface area (Å²) in [4.78, 5) is 8.83. The Bertz CT molecular complexity index is 971. The molecule has 2 heterocycles. The van der Waals surface area contributed by atoms with E-state index in [2.05, 4.69) is 51.4 Å². The Morgan fingerprint density at radius 3 is 2.83 bits per heavy atom. The molecule has 0 fully saturated rings. The first-order valence-electron chi connectivity index (χ1n) is 10.2. The molecule has 0 amide bonds. The molecule has 1 unspecified atom stereocenters. The molecule has 0 radical (unpaired) electrons. The number of aliphatic imine (C=N–C) groups is 1. The lowest BCUT2D eigenvalue weighted by atomic mass is 10.1. The second-order valence-electron chi connectivity index (χ2n) is 7.13. The Kier molecular flexibility index (Phi) is 6.49. The molecule has 2 N–H and O–H groups in total. The summed E-state index contributed by atoms with van der Waals surface area (Å²) in [6, 6.07) is 16.2. The maximum atomic E-state index is 6.01. The van der Waals surface area contributed by atoms with Gasteiger partial charge in [-0.3, -0.25) is 0 Å². The van der Waals surface area contributed by atoms with Crippen LogP contribution in [0.4, 0.5) is 0 Å². The SMILES string of the molecule is CCNC(=NCc1cccc(Cn2ccnc2)c1)NCC1COc2ccccc2O1. The molecule has 0 spiro atoms. The standard InChI is InChI=1S/C23H27N5O2/c1-2-25-23(27-14-20-16-29-21-8-3-4-9-22(21)30-20)26-13-18-6-5-7-19(12-18)15-28-11-10-24-17-28/h3-12,17,20H,2,13-16H2,1H3,(H2,25,26,27). The highest BCUT2D eigenvalue weighted by Gasteiger charge is 2.20. The van der Waals surface area contributed by atoms with E-state index in [4.69, 9.17) is 14.5 Å². The molecule has 1 aromatic heterocycles. The van der Waals surface area contributed by atoms with Crippen LogP contribution in [0.3, 0.4) is 0 Å². The first-order chi connectivity index (χ1) is 14.8. The van der Waals surface area contributed by atoms with Crippen LogP contribution >= 0.6 is 0 Å². The van der Waals surface area contributed by atoms with E-state index in [1.165, 1.54) is 5.56 Å². The summed E-state index contributed by atoms with van der Waals surface area (Å²) in [5.41, 5.74) is 2.39. The predicted molar refractivity (Wildman–Crippen MR) is 117 cm³/mol. The van der Waals surface area contributed by atoms with Gasteiger partial charge < -0.3 is 24.7 Å². The Hall–Kier alpha value is -3.48. The van der Waals surface area contributed by atoms with Gasteiger partial charge in [0.1, 0.15) is 12.7 Å². The highest BCUT2D eigenvalue weighted by Crippen LogP contribution is 2.30. The topological polar surface area (TPSA) is 72.7 Å². The lowest BCUT2D eigenvalue weighted by molar-refractivity contribution is 0.0936. The summed E-state index contributed by atoms with van der Waals surface area (Å²) in [5.74, 6) is 2.34. The Morgan fingerprint density at radius 2 is 2.00 bits per heavy atom. The zero-order valence-electron chi connectivity index (χ0n) is 17.1. The highest BCUT2D eigenvalue weighted by atomic mass is 16.6. The minimum Gasteiger partial charge on any atom is -0.486 e. The molecule has 0 bridgehead atoms.